The number of rotatable bonds is 8. The summed E-state index contributed by atoms with van der Waals surface area (Å²) in [5.74, 6) is 0.227. The Morgan fingerprint density at radius 3 is 2.77 bits per heavy atom. The summed E-state index contributed by atoms with van der Waals surface area (Å²) < 4.78 is 5.49. The number of aryl methyl sites for hydroxylation is 1. The molecule has 176 valence electrons. The molecule has 8 nitrogen and oxygen atoms in total. The summed E-state index contributed by atoms with van der Waals surface area (Å²) >= 11 is 0. The highest BCUT2D eigenvalue weighted by atomic mass is 16.5. The lowest BCUT2D eigenvalue weighted by Gasteiger charge is -2.14. The number of ether oxygens (including phenoxy) is 1. The van der Waals surface area contributed by atoms with E-state index in [0.29, 0.717) is 24.4 Å². The van der Waals surface area contributed by atoms with E-state index in [1.54, 1.807) is 24.7 Å². The first kappa shape index (κ1) is 22.5. The van der Waals surface area contributed by atoms with Crippen molar-refractivity contribution in [1.29, 1.82) is 0 Å². The molecule has 0 radical (unpaired) electrons. The lowest BCUT2D eigenvalue weighted by atomic mass is 9.95. The molecule has 1 aromatic carbocycles. The van der Waals surface area contributed by atoms with Gasteiger partial charge in [-0.1, -0.05) is 24.3 Å². The summed E-state index contributed by atoms with van der Waals surface area (Å²) in [4.78, 5) is 37.0. The van der Waals surface area contributed by atoms with E-state index in [0.717, 1.165) is 46.7 Å². The predicted octanol–water partition coefficient (Wildman–Crippen LogP) is 4.89. The van der Waals surface area contributed by atoms with E-state index in [2.05, 4.69) is 25.6 Å². The maximum absolute atomic E-state index is 12.8. The number of fused-ring (bicyclic) bond motifs is 1. The summed E-state index contributed by atoms with van der Waals surface area (Å²) in [6.45, 7) is 0.193. The first-order valence-corrected chi connectivity index (χ1v) is 11.5. The van der Waals surface area contributed by atoms with Gasteiger partial charge in [0.2, 0.25) is 0 Å². The second-order valence-corrected chi connectivity index (χ2v) is 8.33. The number of nitrogens with one attached hydrogen (secondary N) is 3. The number of hydrogen-bond acceptors (Lipinski definition) is 6. The minimum absolute atomic E-state index is 0.104. The molecule has 35 heavy (non-hydrogen) atoms. The fourth-order valence-electron chi connectivity index (χ4n) is 4.18. The minimum Gasteiger partial charge on any atom is -0.367 e. The third kappa shape index (κ3) is 5.28. The van der Waals surface area contributed by atoms with Crippen molar-refractivity contribution >= 4 is 28.9 Å². The van der Waals surface area contributed by atoms with Gasteiger partial charge >= 0.3 is 0 Å². The van der Waals surface area contributed by atoms with Crippen LogP contribution in [0.25, 0.3) is 11.3 Å². The first-order valence-electron chi connectivity index (χ1n) is 11.5. The number of aromatic amines is 1. The molecule has 4 aromatic rings. The van der Waals surface area contributed by atoms with E-state index >= 15 is 0 Å². The summed E-state index contributed by atoms with van der Waals surface area (Å²) in [6.07, 6.45) is 7.19. The number of ketones is 1. The highest BCUT2D eigenvalue weighted by Gasteiger charge is 2.27. The van der Waals surface area contributed by atoms with Crippen LogP contribution in [0.4, 0.5) is 17.2 Å². The molecule has 3 aromatic heterocycles. The number of carbonyl (C=O) groups excluding carboxylic acids is 2. The van der Waals surface area contributed by atoms with Gasteiger partial charge in [-0.3, -0.25) is 14.6 Å². The van der Waals surface area contributed by atoms with Gasteiger partial charge in [0.05, 0.1) is 23.6 Å². The molecule has 0 bridgehead atoms. The molecule has 1 aliphatic rings. The predicted molar refractivity (Wildman–Crippen MR) is 134 cm³/mol. The quantitative estimate of drug-likeness (QED) is 0.340. The normalized spacial score (nSPS) is 12.7. The zero-order valence-electron chi connectivity index (χ0n) is 19.1. The van der Waals surface area contributed by atoms with Gasteiger partial charge in [0.25, 0.3) is 5.91 Å². The number of amides is 1. The molecule has 0 aliphatic heterocycles. The SMILES string of the molecule is O=C(COCc1cccnc1)Nc1cc(-c2[nH]c3c(c2Nc2ccccc2)C(=O)CCC3)ccn1. The average Bonchev–Trinajstić information content (AvgIpc) is 3.25. The molecule has 5 rings (SSSR count). The second kappa shape index (κ2) is 10.3. The lowest BCUT2D eigenvalue weighted by molar-refractivity contribution is -0.121. The Balaban J connectivity index is 1.35. The molecule has 0 fully saturated rings. The van der Waals surface area contributed by atoms with Crippen LogP contribution in [0.15, 0.2) is 73.2 Å². The number of carbonyl (C=O) groups is 2. The number of para-hydroxylation sites is 1. The van der Waals surface area contributed by atoms with Crippen LogP contribution in [0.5, 0.6) is 0 Å². The van der Waals surface area contributed by atoms with Crippen molar-refractivity contribution in [2.24, 2.45) is 0 Å². The van der Waals surface area contributed by atoms with Gasteiger partial charge in [-0.2, -0.15) is 0 Å². The van der Waals surface area contributed by atoms with Gasteiger partial charge in [0.15, 0.2) is 5.78 Å². The number of H-pyrrole nitrogens is 1. The molecule has 0 atom stereocenters. The Morgan fingerprint density at radius 2 is 1.94 bits per heavy atom. The van der Waals surface area contributed by atoms with Crippen molar-refractivity contribution in [1.82, 2.24) is 15.0 Å². The van der Waals surface area contributed by atoms with E-state index in [9.17, 15) is 9.59 Å². The fraction of sp³-hybridized carbons (Fsp3) is 0.185. The number of Topliss-reactive ketones (excluding diaryl/α,β-unsaturated/α-hetero) is 1. The number of aromatic nitrogens is 3. The molecule has 1 aliphatic carbocycles. The highest BCUT2D eigenvalue weighted by molar-refractivity contribution is 6.07. The zero-order valence-corrected chi connectivity index (χ0v) is 19.1. The molecule has 0 unspecified atom stereocenters. The number of nitrogens with zero attached hydrogens (tertiary/aromatic N) is 2. The topological polar surface area (TPSA) is 109 Å². The number of hydrogen-bond donors (Lipinski definition) is 3. The summed E-state index contributed by atoms with van der Waals surface area (Å²) in [5, 5.41) is 6.21. The molecule has 0 spiro atoms. The molecular formula is C27H25N5O3. The van der Waals surface area contributed by atoms with Crippen molar-refractivity contribution in [2.75, 3.05) is 17.2 Å². The largest absolute Gasteiger partial charge is 0.367 e. The Labute approximate surface area is 202 Å². The Morgan fingerprint density at radius 1 is 1.06 bits per heavy atom. The van der Waals surface area contributed by atoms with Gasteiger partial charge in [-0.15, -0.1) is 0 Å². The number of pyridine rings is 2. The molecule has 1 amide bonds. The van der Waals surface area contributed by atoms with Crippen molar-refractivity contribution in [3.8, 4) is 11.3 Å². The highest BCUT2D eigenvalue weighted by Crippen LogP contribution is 2.39. The summed E-state index contributed by atoms with van der Waals surface area (Å²) in [6, 6.07) is 17.1. The van der Waals surface area contributed by atoms with E-state index in [1.807, 2.05) is 48.5 Å². The molecule has 8 heteroatoms. The number of benzene rings is 1. The van der Waals surface area contributed by atoms with Crippen LogP contribution in [0, 0.1) is 0 Å². The maximum atomic E-state index is 12.8. The molecule has 3 heterocycles. The lowest BCUT2D eigenvalue weighted by Crippen LogP contribution is -2.19. The average molecular weight is 468 g/mol. The number of anilines is 3. The van der Waals surface area contributed by atoms with Crippen molar-refractivity contribution in [3.05, 3.63) is 90.0 Å². The zero-order chi connectivity index (χ0) is 24.0. The standard InChI is InChI=1S/C27H25N5O3/c33-22-10-4-9-21-25(22)27(30-20-7-2-1-3-8-20)26(31-21)19-11-13-29-23(14-19)32-24(34)17-35-16-18-6-5-12-28-15-18/h1-3,5-8,11-15,30-31H,4,9-10,16-17H2,(H,29,32,34). The van der Waals surface area contributed by atoms with Crippen molar-refractivity contribution in [3.63, 3.8) is 0 Å². The van der Waals surface area contributed by atoms with Gasteiger partial charge in [-0.25, -0.2) is 4.98 Å². The Bertz CT molecular complexity index is 1340. The van der Waals surface area contributed by atoms with Crippen LogP contribution in [-0.4, -0.2) is 33.2 Å². The van der Waals surface area contributed by atoms with Crippen molar-refractivity contribution < 1.29 is 14.3 Å². The smallest absolute Gasteiger partial charge is 0.251 e. The molecular weight excluding hydrogens is 442 g/mol. The van der Waals surface area contributed by atoms with E-state index in [-0.39, 0.29) is 18.3 Å². The third-order valence-corrected chi connectivity index (χ3v) is 5.77. The monoisotopic (exact) mass is 467 g/mol. The van der Waals surface area contributed by atoms with Gasteiger partial charge in [-0.05, 0) is 48.7 Å². The van der Waals surface area contributed by atoms with E-state index in [1.165, 1.54) is 0 Å². The third-order valence-electron chi connectivity index (χ3n) is 5.77. The summed E-state index contributed by atoms with van der Waals surface area (Å²) in [7, 11) is 0. The minimum atomic E-state index is -0.304. The van der Waals surface area contributed by atoms with Crippen LogP contribution in [0.2, 0.25) is 0 Å². The van der Waals surface area contributed by atoms with Crippen LogP contribution in [0.1, 0.15) is 34.5 Å². The maximum Gasteiger partial charge on any atom is 0.251 e. The van der Waals surface area contributed by atoms with Crippen LogP contribution in [-0.2, 0) is 22.6 Å². The van der Waals surface area contributed by atoms with E-state index in [4.69, 9.17) is 4.74 Å². The summed E-state index contributed by atoms with van der Waals surface area (Å²) in [5.41, 5.74) is 5.78. The van der Waals surface area contributed by atoms with Crippen LogP contribution in [0.3, 0.4) is 0 Å². The van der Waals surface area contributed by atoms with Gasteiger partial charge < -0.3 is 20.4 Å². The van der Waals surface area contributed by atoms with E-state index < -0.39 is 0 Å². The first-order chi connectivity index (χ1) is 17.2. The molecule has 0 saturated carbocycles. The van der Waals surface area contributed by atoms with Crippen LogP contribution < -0.4 is 10.6 Å². The van der Waals surface area contributed by atoms with Crippen molar-refractivity contribution in [2.45, 2.75) is 25.9 Å². The molecule has 0 saturated heterocycles. The fourth-order valence-corrected chi connectivity index (χ4v) is 4.18. The van der Waals surface area contributed by atoms with Gasteiger partial charge in [0.1, 0.15) is 12.4 Å². The van der Waals surface area contributed by atoms with Gasteiger partial charge in [0, 0.05) is 42.0 Å². The second-order valence-electron chi connectivity index (χ2n) is 8.33. The molecule has 3 N–H and O–H groups in total. The Hall–Kier alpha value is -4.30. The van der Waals surface area contributed by atoms with Crippen LogP contribution >= 0.6 is 0 Å². The Kier molecular flexibility index (Phi) is 6.63.